The van der Waals surface area contributed by atoms with Crippen molar-refractivity contribution in [1.82, 2.24) is 20.1 Å². The van der Waals surface area contributed by atoms with Crippen molar-refractivity contribution in [2.45, 2.75) is 52.1 Å². The van der Waals surface area contributed by atoms with Crippen LogP contribution in [0, 0.1) is 5.92 Å². The highest BCUT2D eigenvalue weighted by Crippen LogP contribution is 2.46. The Bertz CT molecular complexity index is 1090. The second-order valence-electron chi connectivity index (χ2n) is 8.88. The van der Waals surface area contributed by atoms with Crippen LogP contribution in [0.2, 0.25) is 0 Å². The highest BCUT2D eigenvalue weighted by molar-refractivity contribution is 6.15. The molecule has 2 aliphatic rings. The summed E-state index contributed by atoms with van der Waals surface area (Å²) in [6.45, 7) is 9.43. The number of aromatic nitrogens is 1. The fourth-order valence-corrected chi connectivity index (χ4v) is 4.55. The summed E-state index contributed by atoms with van der Waals surface area (Å²) >= 11 is 4.64. The normalized spacial score (nSPS) is 17.0. The number of halogens is 2. The molecule has 0 saturated heterocycles. The van der Waals surface area contributed by atoms with Crippen LogP contribution in [-0.2, 0) is 6.42 Å². The number of pyridine rings is 1. The minimum Gasteiger partial charge on any atom is -0.502 e. The number of unbranched alkanes of at least 4 members (excludes halogenated alkanes) is 1. The third-order valence-electron chi connectivity index (χ3n) is 6.49. The van der Waals surface area contributed by atoms with Gasteiger partial charge in [0.2, 0.25) is 0 Å². The van der Waals surface area contributed by atoms with Crippen LogP contribution in [0.1, 0.15) is 72.1 Å². The van der Waals surface area contributed by atoms with Crippen LogP contribution in [-0.4, -0.2) is 58.9 Å². The van der Waals surface area contributed by atoms with Gasteiger partial charge in [0.25, 0.3) is 17.4 Å². The van der Waals surface area contributed by atoms with Crippen molar-refractivity contribution in [2.75, 3.05) is 32.6 Å². The van der Waals surface area contributed by atoms with E-state index < -0.39 is 23.4 Å². The van der Waals surface area contributed by atoms with Crippen molar-refractivity contribution in [3.8, 4) is 5.75 Å². The van der Waals surface area contributed by atoms with Crippen LogP contribution in [0.15, 0.2) is 41.5 Å². The van der Waals surface area contributed by atoms with Crippen molar-refractivity contribution in [2.24, 2.45) is 5.92 Å². The highest BCUT2D eigenvalue weighted by atomic mass is 35.5. The molecule has 1 aromatic rings. The van der Waals surface area contributed by atoms with Crippen LogP contribution >= 0.6 is 11.6 Å². The molecule has 2 amide bonds. The molecule has 1 atom stereocenters. The van der Waals surface area contributed by atoms with Gasteiger partial charge in [-0.2, -0.15) is 0 Å². The highest BCUT2D eigenvalue weighted by Gasteiger charge is 2.48. The first-order chi connectivity index (χ1) is 17.9. The number of hydrogen-bond acceptors (Lipinski definition) is 5. The molecule has 1 saturated carbocycles. The predicted molar refractivity (Wildman–Crippen MR) is 145 cm³/mol. The molecule has 1 unspecified atom stereocenters. The van der Waals surface area contributed by atoms with Gasteiger partial charge in [-0.25, -0.2) is 4.39 Å². The third-order valence-corrected chi connectivity index (χ3v) is 6.49. The molecule has 1 aliphatic carbocycles. The maximum absolute atomic E-state index is 13.6. The fraction of sp³-hybridized carbons (Fsp3) is 0.519. The number of carbonyl (C=O) groups excluding carboxylic acids is 2. The molecular weight excluding hydrogens is 499 g/mol. The number of nitrogens with one attached hydrogen (secondary N) is 2. The van der Waals surface area contributed by atoms with Crippen LogP contribution in [0.25, 0.3) is 0 Å². The fourth-order valence-electron chi connectivity index (χ4n) is 4.55. The Kier molecular flexibility index (Phi) is 12.1. The number of fused-ring (bicyclic) bond motifs is 1. The van der Waals surface area contributed by atoms with Gasteiger partial charge >= 0.3 is 0 Å². The van der Waals surface area contributed by atoms with Gasteiger partial charge in [0, 0.05) is 26.0 Å². The molecular formula is C27H38ClFN4O4. The van der Waals surface area contributed by atoms with Crippen molar-refractivity contribution in [3.05, 3.63) is 63.9 Å². The Morgan fingerprint density at radius 3 is 2.51 bits per heavy atom. The molecule has 0 bridgehead atoms. The van der Waals surface area contributed by atoms with Crippen molar-refractivity contribution in [1.29, 1.82) is 0 Å². The van der Waals surface area contributed by atoms with Crippen molar-refractivity contribution >= 4 is 23.4 Å². The first kappa shape index (κ1) is 30.3. The van der Waals surface area contributed by atoms with Gasteiger partial charge in [0.15, 0.2) is 5.75 Å². The van der Waals surface area contributed by atoms with Gasteiger partial charge in [-0.3, -0.25) is 19.0 Å². The first-order valence-corrected chi connectivity index (χ1v) is 13.4. The minimum absolute atomic E-state index is 0.0158. The van der Waals surface area contributed by atoms with E-state index in [1.807, 2.05) is 0 Å². The molecule has 0 aromatic carbocycles. The maximum atomic E-state index is 13.6. The van der Waals surface area contributed by atoms with E-state index in [4.69, 9.17) is 0 Å². The second kappa shape index (κ2) is 14.7. The van der Waals surface area contributed by atoms with Gasteiger partial charge in [0.1, 0.15) is 11.9 Å². The zero-order chi connectivity index (χ0) is 27.5. The quantitative estimate of drug-likeness (QED) is 0.200. The number of hydrogen-bond donors (Lipinski definition) is 3. The number of carbonyl (C=O) groups is 2. The summed E-state index contributed by atoms with van der Waals surface area (Å²) in [5.41, 5.74) is 0.164. The molecule has 8 nitrogen and oxygen atoms in total. The Hall–Kier alpha value is -2.91. The lowest BCUT2D eigenvalue weighted by Gasteiger charge is -2.25. The van der Waals surface area contributed by atoms with Gasteiger partial charge < -0.3 is 20.6 Å². The van der Waals surface area contributed by atoms with E-state index in [0.717, 1.165) is 32.2 Å². The molecule has 3 rings (SSSR count). The van der Waals surface area contributed by atoms with E-state index in [1.54, 1.807) is 11.8 Å². The number of allylic oxidation sites excluding steroid dienone is 2. The van der Waals surface area contributed by atoms with E-state index in [9.17, 15) is 23.9 Å². The van der Waals surface area contributed by atoms with Crippen molar-refractivity contribution in [3.63, 3.8) is 0 Å². The molecule has 2 heterocycles. The van der Waals surface area contributed by atoms with Crippen LogP contribution in [0.5, 0.6) is 5.75 Å². The Morgan fingerprint density at radius 2 is 1.95 bits per heavy atom. The molecule has 0 radical (unpaired) electrons. The van der Waals surface area contributed by atoms with E-state index in [1.165, 1.54) is 29.2 Å². The standard InChI is InChI=1S/C26H35FN4O4.CH3Cl/c1-4-7-13-28-14-15-30-24(18-10-11-18)31-21(25(30)34)19(6-3)20(22(32)26(31)35)23(33)29-16-17(5-2)9-8-12-27;1-2/h5,8-9,12,18,24,28,32H,2,4,6-7,10-11,13-16H2,1,3H3,(H,29,33);1H3/b12-8+,17-9+;. The van der Waals surface area contributed by atoms with Gasteiger partial charge in [-0.15, -0.1) is 11.6 Å². The smallest absolute Gasteiger partial charge is 0.295 e. The van der Waals surface area contributed by atoms with E-state index >= 15 is 0 Å². The lowest BCUT2D eigenvalue weighted by molar-refractivity contribution is 0.0667. The Labute approximate surface area is 222 Å². The van der Waals surface area contributed by atoms with Crippen LogP contribution in [0.4, 0.5) is 4.39 Å². The summed E-state index contributed by atoms with van der Waals surface area (Å²) in [6, 6.07) is 0. The van der Waals surface area contributed by atoms with E-state index in [0.29, 0.717) is 30.6 Å². The molecule has 37 heavy (non-hydrogen) atoms. The Morgan fingerprint density at radius 1 is 1.24 bits per heavy atom. The first-order valence-electron chi connectivity index (χ1n) is 12.7. The number of rotatable bonds is 13. The van der Waals surface area contributed by atoms with Gasteiger partial charge in [-0.05, 0) is 55.4 Å². The van der Waals surface area contributed by atoms with Gasteiger partial charge in [0.05, 0.1) is 11.9 Å². The zero-order valence-corrected chi connectivity index (χ0v) is 22.6. The SMILES string of the molecule is C=C/C(=C\C=C\F)CNC(=O)c1c(CC)c2n(c(=O)c1O)C(C1CC1)N(CCNCCCC)C2=O.CCl. The summed E-state index contributed by atoms with van der Waals surface area (Å²) in [4.78, 5) is 41.6. The maximum Gasteiger partial charge on any atom is 0.295 e. The average molecular weight is 537 g/mol. The summed E-state index contributed by atoms with van der Waals surface area (Å²) in [6.07, 6.45) is 9.66. The molecule has 204 valence electrons. The lowest BCUT2D eigenvalue weighted by atomic mass is 10.0. The zero-order valence-electron chi connectivity index (χ0n) is 21.9. The summed E-state index contributed by atoms with van der Waals surface area (Å²) in [5.74, 6) is -1.47. The topological polar surface area (TPSA) is 104 Å². The number of aromatic hydroxyl groups is 1. The minimum atomic E-state index is -0.728. The molecule has 10 heteroatoms. The second-order valence-corrected chi connectivity index (χ2v) is 8.88. The summed E-state index contributed by atoms with van der Waals surface area (Å²) in [7, 11) is 0. The van der Waals surface area contributed by atoms with Crippen LogP contribution < -0.4 is 16.2 Å². The molecule has 3 N–H and O–H groups in total. The molecule has 1 fully saturated rings. The average Bonchev–Trinajstić information content (AvgIpc) is 3.71. The van der Waals surface area contributed by atoms with E-state index in [-0.39, 0.29) is 36.0 Å². The Balaban J connectivity index is 0.00000235. The van der Waals surface area contributed by atoms with Crippen molar-refractivity contribution < 1.29 is 19.1 Å². The summed E-state index contributed by atoms with van der Waals surface area (Å²) in [5, 5.41) is 16.8. The molecule has 1 aromatic heterocycles. The largest absolute Gasteiger partial charge is 0.502 e. The lowest BCUT2D eigenvalue weighted by Crippen LogP contribution is -2.38. The number of alkyl halides is 1. The predicted octanol–water partition coefficient (Wildman–Crippen LogP) is 4.05. The summed E-state index contributed by atoms with van der Waals surface area (Å²) < 4.78 is 13.7. The van der Waals surface area contributed by atoms with Gasteiger partial charge in [-0.1, -0.05) is 39.0 Å². The third kappa shape index (κ3) is 6.90. The number of amides is 2. The monoisotopic (exact) mass is 536 g/mol. The number of nitrogens with zero attached hydrogens (tertiary/aromatic N) is 2. The molecule has 1 aliphatic heterocycles. The van der Waals surface area contributed by atoms with E-state index in [2.05, 4.69) is 35.7 Å². The molecule has 0 spiro atoms. The van der Waals surface area contributed by atoms with Crippen LogP contribution in [0.3, 0.4) is 0 Å².